The van der Waals surface area contributed by atoms with Crippen molar-refractivity contribution in [3.63, 3.8) is 0 Å². The van der Waals surface area contributed by atoms with Crippen LogP contribution in [0.25, 0.3) is 0 Å². The van der Waals surface area contributed by atoms with E-state index in [4.69, 9.17) is 24.8 Å². The molecule has 0 aliphatic rings. The van der Waals surface area contributed by atoms with E-state index in [0.29, 0.717) is 13.0 Å². The number of carbonyl (C=O) groups excluding carboxylic acids is 1. The molecule has 0 aromatic carbocycles. The predicted molar refractivity (Wildman–Crippen MR) is 203 cm³/mol. The second-order valence-electron chi connectivity index (χ2n) is 12.7. The summed E-state index contributed by atoms with van der Waals surface area (Å²) in [6, 6.07) is -1.48. The molecule has 0 aromatic heterocycles. The zero-order valence-corrected chi connectivity index (χ0v) is 32.1. The van der Waals surface area contributed by atoms with Gasteiger partial charge in [-0.1, -0.05) is 140 Å². The number of phosphoric ester groups is 1. The van der Waals surface area contributed by atoms with Gasteiger partial charge in [0.05, 0.1) is 19.8 Å². The van der Waals surface area contributed by atoms with Gasteiger partial charge in [-0.3, -0.25) is 18.6 Å². The third kappa shape index (κ3) is 34.4. The van der Waals surface area contributed by atoms with Gasteiger partial charge >= 0.3 is 19.8 Å². The van der Waals surface area contributed by atoms with E-state index in [0.717, 1.165) is 57.8 Å². The maximum absolute atomic E-state index is 12.5. The molecule has 0 saturated heterocycles. The Morgan fingerprint density at radius 1 is 0.660 bits per heavy atom. The minimum atomic E-state index is -4.62. The molecule has 0 heterocycles. The van der Waals surface area contributed by atoms with E-state index < -0.39 is 45.1 Å². The molecule has 0 aliphatic heterocycles. The lowest BCUT2D eigenvalue weighted by atomic mass is 10.0. The summed E-state index contributed by atoms with van der Waals surface area (Å²) in [5.74, 6) is -1.82. The average Bonchev–Trinajstić information content (AvgIpc) is 3.09. The largest absolute Gasteiger partial charge is 0.480 e. The highest BCUT2D eigenvalue weighted by Crippen LogP contribution is 2.43. The predicted octanol–water partition coefficient (Wildman–Crippen LogP) is 9.92. The molecule has 50 heavy (non-hydrogen) atoms. The van der Waals surface area contributed by atoms with Crippen LogP contribution in [0.3, 0.4) is 0 Å². The van der Waals surface area contributed by atoms with Gasteiger partial charge in [0.15, 0.2) is 0 Å². The van der Waals surface area contributed by atoms with Gasteiger partial charge in [-0.2, -0.15) is 0 Å². The molecule has 0 aromatic rings. The van der Waals surface area contributed by atoms with Crippen LogP contribution in [0.1, 0.15) is 149 Å². The topological polar surface area (TPSA) is 155 Å². The van der Waals surface area contributed by atoms with Gasteiger partial charge in [-0.15, -0.1) is 0 Å². The Bertz CT molecular complexity index is 983. The Morgan fingerprint density at radius 2 is 1.16 bits per heavy atom. The number of aliphatic carboxylic acids is 1. The van der Waals surface area contributed by atoms with Crippen molar-refractivity contribution < 1.29 is 42.7 Å². The molecule has 0 rings (SSSR count). The summed E-state index contributed by atoms with van der Waals surface area (Å²) in [5.41, 5.74) is 5.33. The summed E-state index contributed by atoms with van der Waals surface area (Å²) in [4.78, 5) is 33.4. The summed E-state index contributed by atoms with van der Waals surface area (Å²) in [6.07, 6.45) is 38.8. The van der Waals surface area contributed by atoms with Crippen molar-refractivity contribution in [2.45, 2.75) is 161 Å². The second kappa shape index (κ2) is 35.3. The number of nitrogens with two attached hydrogens (primary N) is 1. The number of hydrogen-bond acceptors (Lipinski definition) is 8. The normalized spacial score (nSPS) is 14.6. The van der Waals surface area contributed by atoms with Crippen LogP contribution < -0.4 is 5.73 Å². The van der Waals surface area contributed by atoms with Gasteiger partial charge in [0, 0.05) is 13.0 Å². The molecule has 11 heteroatoms. The monoisotopic (exact) mass is 727 g/mol. The molecule has 10 nitrogen and oxygen atoms in total. The fourth-order valence-electron chi connectivity index (χ4n) is 4.89. The second-order valence-corrected chi connectivity index (χ2v) is 14.1. The maximum Gasteiger partial charge on any atom is 0.472 e. The fourth-order valence-corrected chi connectivity index (χ4v) is 5.67. The smallest absolute Gasteiger partial charge is 0.472 e. The number of ether oxygens (including phenoxy) is 2. The molecule has 0 saturated carbocycles. The van der Waals surface area contributed by atoms with E-state index in [1.165, 1.54) is 64.2 Å². The van der Waals surface area contributed by atoms with E-state index in [9.17, 15) is 19.0 Å². The van der Waals surface area contributed by atoms with Crippen molar-refractivity contribution in [2.24, 2.45) is 5.73 Å². The lowest BCUT2D eigenvalue weighted by Crippen LogP contribution is -2.34. The lowest BCUT2D eigenvalue weighted by molar-refractivity contribution is -0.154. The summed E-state index contributed by atoms with van der Waals surface area (Å²) >= 11 is 0. The number of rotatable bonds is 36. The van der Waals surface area contributed by atoms with Crippen molar-refractivity contribution in [1.82, 2.24) is 0 Å². The minimum Gasteiger partial charge on any atom is -0.480 e. The molecule has 3 unspecified atom stereocenters. The van der Waals surface area contributed by atoms with Gasteiger partial charge in [0.2, 0.25) is 0 Å². The molecular formula is C39H70NO9P. The Hall–Kier alpha value is -2.07. The highest BCUT2D eigenvalue weighted by molar-refractivity contribution is 7.47. The molecule has 0 radical (unpaired) electrons. The van der Waals surface area contributed by atoms with E-state index in [1.54, 1.807) is 0 Å². The Morgan fingerprint density at radius 3 is 1.70 bits per heavy atom. The van der Waals surface area contributed by atoms with E-state index in [-0.39, 0.29) is 13.0 Å². The molecule has 3 atom stereocenters. The first-order valence-corrected chi connectivity index (χ1v) is 20.7. The molecule has 290 valence electrons. The average molecular weight is 728 g/mol. The summed E-state index contributed by atoms with van der Waals surface area (Å²) in [5, 5.41) is 8.86. The van der Waals surface area contributed by atoms with Crippen molar-refractivity contribution in [2.75, 3.05) is 26.4 Å². The van der Waals surface area contributed by atoms with E-state index >= 15 is 0 Å². The van der Waals surface area contributed by atoms with Gasteiger partial charge in [-0.05, 0) is 51.4 Å². The number of esters is 1. The first-order valence-electron chi connectivity index (χ1n) is 19.2. The Labute approximate surface area is 303 Å². The quantitative estimate of drug-likeness (QED) is 0.0246. The number of unbranched alkanes of at least 4 members (excludes halogenated alkanes) is 14. The zero-order valence-electron chi connectivity index (χ0n) is 31.2. The van der Waals surface area contributed by atoms with Crippen molar-refractivity contribution >= 4 is 19.8 Å². The third-order valence-electron chi connectivity index (χ3n) is 7.87. The highest BCUT2D eigenvalue weighted by Gasteiger charge is 2.27. The van der Waals surface area contributed by atoms with Crippen LogP contribution >= 0.6 is 7.82 Å². The number of carboxylic acid groups (broad SMARTS) is 1. The number of hydrogen-bond donors (Lipinski definition) is 3. The Kier molecular flexibility index (Phi) is 33.9. The summed E-state index contributed by atoms with van der Waals surface area (Å²) in [7, 11) is -4.62. The van der Waals surface area contributed by atoms with Crippen LogP contribution in [-0.4, -0.2) is 60.5 Å². The number of allylic oxidation sites excluding steroid dienone is 8. The van der Waals surface area contributed by atoms with Crippen LogP contribution in [0.2, 0.25) is 0 Å². The van der Waals surface area contributed by atoms with Crippen molar-refractivity contribution in [1.29, 1.82) is 0 Å². The molecule has 4 N–H and O–H groups in total. The maximum atomic E-state index is 12.5. The van der Waals surface area contributed by atoms with E-state index in [1.807, 2.05) is 0 Å². The molecule has 0 bridgehead atoms. The Balaban J connectivity index is 4.39. The zero-order chi connectivity index (χ0) is 37.0. The van der Waals surface area contributed by atoms with Gasteiger partial charge in [0.1, 0.15) is 12.1 Å². The fraction of sp³-hybridized carbons (Fsp3) is 0.744. The first kappa shape index (κ1) is 47.9. The lowest BCUT2D eigenvalue weighted by Gasteiger charge is -2.20. The number of carbonyl (C=O) groups is 2. The molecule has 0 amide bonds. The van der Waals surface area contributed by atoms with E-state index in [2.05, 4.69) is 67.0 Å². The van der Waals surface area contributed by atoms with Gasteiger partial charge < -0.3 is 25.2 Å². The standard InChI is InChI=1S/C39H70NO9P/c1-3-5-7-9-11-13-15-17-18-19-21-23-25-27-29-31-38(41)49-36(34-47-50(44,45)48-35-37(40)39(42)43)33-46-32-30-28-26-24-22-20-16-14-12-10-8-6-4-2/h5,7,11,13,17-18,21,23,36-37H,3-4,6,8-10,12,14-16,19-20,22,24-35,40H2,1-2H3,(H,42,43)(H,44,45)/b7-5-,13-11-,18-17-,23-21-. The van der Waals surface area contributed by atoms with Crippen LogP contribution in [-0.2, 0) is 32.7 Å². The van der Waals surface area contributed by atoms with Gasteiger partial charge in [-0.25, -0.2) is 4.57 Å². The van der Waals surface area contributed by atoms with Crippen LogP contribution in [0.15, 0.2) is 48.6 Å². The highest BCUT2D eigenvalue weighted by atomic mass is 31.2. The number of carboxylic acids is 1. The van der Waals surface area contributed by atoms with Crippen LogP contribution in [0.5, 0.6) is 0 Å². The van der Waals surface area contributed by atoms with Crippen molar-refractivity contribution in [3.05, 3.63) is 48.6 Å². The van der Waals surface area contributed by atoms with Gasteiger partial charge in [0.25, 0.3) is 0 Å². The van der Waals surface area contributed by atoms with Crippen LogP contribution in [0.4, 0.5) is 0 Å². The molecule has 0 aliphatic carbocycles. The van der Waals surface area contributed by atoms with Crippen LogP contribution in [0, 0.1) is 0 Å². The molecular weight excluding hydrogens is 657 g/mol. The number of phosphoric acid groups is 1. The molecule has 0 fully saturated rings. The SMILES string of the molecule is CC/C=C\C/C=C\C/C=C\C/C=C\CCCCC(=O)OC(COCCCCCCCCCCCCCCC)COP(=O)(O)OCC(N)C(=O)O. The summed E-state index contributed by atoms with van der Waals surface area (Å²) < 4.78 is 33.2. The minimum absolute atomic E-state index is 0.000583. The first-order chi connectivity index (χ1) is 24.2. The van der Waals surface area contributed by atoms with Crippen molar-refractivity contribution in [3.8, 4) is 0 Å². The summed E-state index contributed by atoms with van der Waals surface area (Å²) in [6.45, 7) is 3.70. The molecule has 0 spiro atoms. The third-order valence-corrected chi connectivity index (χ3v) is 8.82.